The fourth-order valence-corrected chi connectivity index (χ4v) is 4.58. The highest BCUT2D eigenvalue weighted by Crippen LogP contribution is 2.43. The van der Waals surface area contributed by atoms with E-state index in [4.69, 9.17) is 5.73 Å². The van der Waals surface area contributed by atoms with Gasteiger partial charge >= 0.3 is 0 Å². The monoisotopic (exact) mass is 251 g/mol. The molecular weight excluding hydrogens is 222 g/mol. The van der Waals surface area contributed by atoms with Crippen LogP contribution in [-0.2, 0) is 0 Å². The molecule has 3 rings (SSSR count). The lowest BCUT2D eigenvalue weighted by molar-refractivity contribution is -0.0156. The van der Waals surface area contributed by atoms with E-state index in [1.54, 1.807) is 0 Å². The molecule has 18 heavy (non-hydrogen) atoms. The van der Waals surface area contributed by atoms with E-state index < -0.39 is 0 Å². The molecule has 0 aliphatic carbocycles. The van der Waals surface area contributed by atoms with Crippen LogP contribution in [0.2, 0.25) is 0 Å². The summed E-state index contributed by atoms with van der Waals surface area (Å²) in [6.45, 7) is 5.82. The topological polar surface area (TPSA) is 32.5 Å². The third kappa shape index (κ3) is 2.00. The molecule has 0 aromatic heterocycles. The summed E-state index contributed by atoms with van der Waals surface area (Å²) in [7, 11) is 2.32. The van der Waals surface area contributed by atoms with Crippen LogP contribution in [0.15, 0.2) is 0 Å². The summed E-state index contributed by atoms with van der Waals surface area (Å²) < 4.78 is 0. The number of hydrogen-bond donors (Lipinski definition) is 1. The van der Waals surface area contributed by atoms with Crippen molar-refractivity contribution in [1.82, 2.24) is 9.80 Å². The molecule has 3 nitrogen and oxygen atoms in total. The Morgan fingerprint density at radius 3 is 2.11 bits per heavy atom. The predicted molar refractivity (Wildman–Crippen MR) is 75.6 cm³/mol. The van der Waals surface area contributed by atoms with Crippen LogP contribution < -0.4 is 5.73 Å². The van der Waals surface area contributed by atoms with Crippen molar-refractivity contribution < 1.29 is 0 Å². The molecule has 3 heterocycles. The van der Waals surface area contributed by atoms with E-state index in [1.165, 1.54) is 51.6 Å². The molecule has 104 valence electrons. The van der Waals surface area contributed by atoms with E-state index in [-0.39, 0.29) is 0 Å². The normalized spacial score (nSPS) is 43.5. The van der Waals surface area contributed by atoms with Crippen LogP contribution in [0, 0.1) is 5.92 Å². The highest BCUT2D eigenvalue weighted by molar-refractivity contribution is 5.07. The number of nitrogens with zero attached hydrogens (tertiary/aromatic N) is 2. The standard InChI is InChI=1S/C15H29N3/c1-12-5-7-18(8-6-12)15(11-16)9-13-3-4-14(10-15)17(13)2/h12-14H,3-11,16H2,1-2H3. The Morgan fingerprint density at radius 2 is 1.61 bits per heavy atom. The van der Waals surface area contributed by atoms with Gasteiger partial charge in [-0.3, -0.25) is 4.90 Å². The second-order valence-corrected chi connectivity index (χ2v) is 7.06. The molecule has 0 aromatic carbocycles. The van der Waals surface area contributed by atoms with Crippen molar-refractivity contribution in [3.63, 3.8) is 0 Å². The lowest BCUT2D eigenvalue weighted by atomic mass is 9.79. The van der Waals surface area contributed by atoms with E-state index >= 15 is 0 Å². The molecule has 3 aliphatic heterocycles. The van der Waals surface area contributed by atoms with Crippen LogP contribution in [0.3, 0.4) is 0 Å². The SMILES string of the molecule is CC1CCN(C2(CN)CC3CCC(C2)N3C)CC1. The van der Waals surface area contributed by atoms with Gasteiger partial charge in [-0.25, -0.2) is 0 Å². The van der Waals surface area contributed by atoms with Gasteiger partial charge in [0, 0.05) is 24.2 Å². The molecule has 2 unspecified atom stereocenters. The van der Waals surface area contributed by atoms with E-state index in [0.29, 0.717) is 5.54 Å². The number of hydrogen-bond acceptors (Lipinski definition) is 3. The van der Waals surface area contributed by atoms with E-state index in [2.05, 4.69) is 23.8 Å². The van der Waals surface area contributed by atoms with Gasteiger partial charge in [0.25, 0.3) is 0 Å². The first-order valence-corrected chi connectivity index (χ1v) is 7.82. The minimum Gasteiger partial charge on any atom is -0.329 e. The summed E-state index contributed by atoms with van der Waals surface area (Å²) in [5.41, 5.74) is 6.57. The first-order chi connectivity index (χ1) is 8.64. The minimum atomic E-state index is 0.332. The summed E-state index contributed by atoms with van der Waals surface area (Å²) in [5, 5.41) is 0. The van der Waals surface area contributed by atoms with Crippen molar-refractivity contribution in [2.24, 2.45) is 11.7 Å². The minimum absolute atomic E-state index is 0.332. The lowest BCUT2D eigenvalue weighted by Crippen LogP contribution is -2.63. The van der Waals surface area contributed by atoms with Crippen LogP contribution in [0.4, 0.5) is 0 Å². The first-order valence-electron chi connectivity index (χ1n) is 7.82. The van der Waals surface area contributed by atoms with Crippen LogP contribution >= 0.6 is 0 Å². The number of piperidine rings is 2. The van der Waals surface area contributed by atoms with E-state index in [9.17, 15) is 0 Å². The summed E-state index contributed by atoms with van der Waals surface area (Å²) in [4.78, 5) is 5.38. The first kappa shape index (κ1) is 12.9. The Balaban J connectivity index is 1.75. The zero-order valence-corrected chi connectivity index (χ0v) is 12.1. The second-order valence-electron chi connectivity index (χ2n) is 7.06. The molecule has 0 aromatic rings. The van der Waals surface area contributed by atoms with Gasteiger partial charge in [0.05, 0.1) is 0 Å². The highest BCUT2D eigenvalue weighted by atomic mass is 15.3. The maximum Gasteiger partial charge on any atom is 0.0361 e. The Bertz CT molecular complexity index is 282. The van der Waals surface area contributed by atoms with Crippen LogP contribution in [0.5, 0.6) is 0 Å². The van der Waals surface area contributed by atoms with Gasteiger partial charge < -0.3 is 10.6 Å². The Labute approximate surface area is 112 Å². The highest BCUT2D eigenvalue weighted by Gasteiger charge is 2.49. The fraction of sp³-hybridized carbons (Fsp3) is 1.00. The van der Waals surface area contributed by atoms with Crippen molar-refractivity contribution >= 4 is 0 Å². The molecule has 0 radical (unpaired) electrons. The molecule has 2 N–H and O–H groups in total. The maximum absolute atomic E-state index is 6.24. The molecule has 2 atom stereocenters. The number of nitrogens with two attached hydrogens (primary N) is 1. The summed E-state index contributed by atoms with van der Waals surface area (Å²) in [6, 6.07) is 1.60. The smallest absolute Gasteiger partial charge is 0.0361 e. The van der Waals surface area contributed by atoms with Gasteiger partial charge in [0.2, 0.25) is 0 Å². The van der Waals surface area contributed by atoms with Crippen LogP contribution in [0.1, 0.15) is 45.4 Å². The zero-order chi connectivity index (χ0) is 12.8. The molecule has 0 spiro atoms. The molecule has 2 bridgehead atoms. The van der Waals surface area contributed by atoms with Gasteiger partial charge in [-0.05, 0) is 64.6 Å². The number of rotatable bonds is 2. The van der Waals surface area contributed by atoms with Gasteiger partial charge in [0.1, 0.15) is 0 Å². The van der Waals surface area contributed by atoms with Crippen molar-refractivity contribution in [3.8, 4) is 0 Å². The zero-order valence-electron chi connectivity index (χ0n) is 12.1. The molecule has 3 aliphatic rings. The Morgan fingerprint density at radius 1 is 1.06 bits per heavy atom. The average Bonchev–Trinajstić information content (AvgIpc) is 2.63. The number of fused-ring (bicyclic) bond motifs is 2. The van der Waals surface area contributed by atoms with Crippen LogP contribution in [-0.4, -0.2) is 54.1 Å². The summed E-state index contributed by atoms with van der Waals surface area (Å²) in [6.07, 6.45) is 8.15. The van der Waals surface area contributed by atoms with E-state index in [1.807, 2.05) is 0 Å². The molecule has 3 heteroatoms. The summed E-state index contributed by atoms with van der Waals surface area (Å²) in [5.74, 6) is 0.916. The molecule has 0 amide bonds. The summed E-state index contributed by atoms with van der Waals surface area (Å²) >= 11 is 0. The largest absolute Gasteiger partial charge is 0.329 e. The van der Waals surface area contributed by atoms with Crippen molar-refractivity contribution in [1.29, 1.82) is 0 Å². The third-order valence-corrected chi connectivity index (χ3v) is 6.05. The van der Waals surface area contributed by atoms with Crippen molar-refractivity contribution in [3.05, 3.63) is 0 Å². The second kappa shape index (κ2) is 4.77. The Kier molecular flexibility index (Phi) is 3.41. The van der Waals surface area contributed by atoms with E-state index in [0.717, 1.165) is 24.5 Å². The van der Waals surface area contributed by atoms with Gasteiger partial charge in [-0.15, -0.1) is 0 Å². The van der Waals surface area contributed by atoms with Gasteiger partial charge in [-0.1, -0.05) is 6.92 Å². The quantitative estimate of drug-likeness (QED) is 0.810. The molecule has 3 saturated heterocycles. The number of likely N-dealkylation sites (tertiary alicyclic amines) is 1. The van der Waals surface area contributed by atoms with Gasteiger partial charge in [0.15, 0.2) is 0 Å². The average molecular weight is 251 g/mol. The van der Waals surface area contributed by atoms with Crippen molar-refractivity contribution in [2.75, 3.05) is 26.7 Å². The third-order valence-electron chi connectivity index (χ3n) is 6.05. The molecule has 3 fully saturated rings. The molecular formula is C15H29N3. The maximum atomic E-state index is 6.24. The van der Waals surface area contributed by atoms with Crippen LogP contribution in [0.25, 0.3) is 0 Å². The Hall–Kier alpha value is -0.120. The fourth-order valence-electron chi connectivity index (χ4n) is 4.58. The van der Waals surface area contributed by atoms with Gasteiger partial charge in [-0.2, -0.15) is 0 Å². The van der Waals surface area contributed by atoms with Crippen molar-refractivity contribution in [2.45, 2.75) is 63.1 Å². The molecule has 0 saturated carbocycles. The lowest BCUT2D eigenvalue weighted by Gasteiger charge is -2.52. The predicted octanol–water partition coefficient (Wildman–Crippen LogP) is 1.67.